The summed E-state index contributed by atoms with van der Waals surface area (Å²) in [5.41, 5.74) is -0.407. The summed E-state index contributed by atoms with van der Waals surface area (Å²) in [7, 11) is 1.31. The first-order valence-corrected chi connectivity index (χ1v) is 12.4. The third-order valence-electron chi connectivity index (χ3n) is 6.45. The first-order valence-electron chi connectivity index (χ1n) is 12.0. The van der Waals surface area contributed by atoms with Crippen molar-refractivity contribution in [1.29, 1.82) is 0 Å². The number of ether oxygens (including phenoxy) is 2. The molecule has 0 radical (unpaired) electrons. The minimum Gasteiger partial charge on any atom is -0.469 e. The molecule has 2 aromatic carbocycles. The van der Waals surface area contributed by atoms with Crippen molar-refractivity contribution in [1.82, 2.24) is 14.1 Å². The van der Waals surface area contributed by atoms with Crippen LogP contribution < -0.4 is 21.3 Å². The summed E-state index contributed by atoms with van der Waals surface area (Å²) in [5, 5.41) is 3.75. The zero-order chi connectivity index (χ0) is 26.7. The van der Waals surface area contributed by atoms with Crippen LogP contribution in [0.4, 0.5) is 11.5 Å². The molecule has 2 aromatic heterocycles. The number of aromatic nitrogens is 3. The van der Waals surface area contributed by atoms with E-state index in [1.165, 1.54) is 17.7 Å². The number of benzene rings is 2. The van der Waals surface area contributed by atoms with Crippen LogP contribution in [0.5, 0.6) is 11.6 Å². The van der Waals surface area contributed by atoms with Crippen LogP contribution in [0.2, 0.25) is 5.02 Å². The second kappa shape index (κ2) is 10.5. The van der Waals surface area contributed by atoms with E-state index in [0.717, 1.165) is 10.1 Å². The maximum absolute atomic E-state index is 13.6. The lowest BCUT2D eigenvalue weighted by molar-refractivity contribution is -0.147. The van der Waals surface area contributed by atoms with Gasteiger partial charge in [0.15, 0.2) is 0 Å². The summed E-state index contributed by atoms with van der Waals surface area (Å²) in [6, 6.07) is 20.9. The van der Waals surface area contributed by atoms with E-state index in [1.807, 2.05) is 18.2 Å². The predicted molar refractivity (Wildman–Crippen MR) is 143 cm³/mol. The number of halogens is 1. The van der Waals surface area contributed by atoms with Crippen molar-refractivity contribution in [3.05, 3.63) is 110 Å². The summed E-state index contributed by atoms with van der Waals surface area (Å²) in [4.78, 5) is 43.2. The van der Waals surface area contributed by atoms with Gasteiger partial charge in [-0.1, -0.05) is 29.8 Å². The summed E-state index contributed by atoms with van der Waals surface area (Å²) < 4.78 is 13.2. The average Bonchev–Trinajstić information content (AvgIpc) is 3.72. The average molecular weight is 533 g/mol. The van der Waals surface area contributed by atoms with Gasteiger partial charge in [-0.05, 0) is 60.9 Å². The number of anilines is 2. The quantitative estimate of drug-likeness (QED) is 0.314. The van der Waals surface area contributed by atoms with Gasteiger partial charge < -0.3 is 14.8 Å². The molecule has 0 saturated heterocycles. The predicted octanol–water partition coefficient (Wildman–Crippen LogP) is 4.60. The Labute approximate surface area is 223 Å². The number of nitrogens with one attached hydrogen (secondary N) is 1. The van der Waals surface area contributed by atoms with Crippen molar-refractivity contribution >= 4 is 29.1 Å². The van der Waals surface area contributed by atoms with E-state index in [9.17, 15) is 14.4 Å². The van der Waals surface area contributed by atoms with Gasteiger partial charge in [0.25, 0.3) is 5.56 Å². The molecule has 1 aliphatic rings. The van der Waals surface area contributed by atoms with Gasteiger partial charge in [0.05, 0.1) is 19.1 Å². The zero-order valence-corrected chi connectivity index (χ0v) is 21.4. The Bertz CT molecular complexity index is 1560. The largest absolute Gasteiger partial charge is 0.469 e. The number of nitrogens with zero attached hydrogens (tertiary/aromatic N) is 3. The fourth-order valence-corrected chi connectivity index (χ4v) is 4.30. The minimum absolute atomic E-state index is 0.0300. The van der Waals surface area contributed by atoms with Gasteiger partial charge in [0.2, 0.25) is 5.88 Å². The van der Waals surface area contributed by atoms with Crippen LogP contribution in [-0.4, -0.2) is 27.2 Å². The van der Waals surface area contributed by atoms with E-state index in [1.54, 1.807) is 54.7 Å². The van der Waals surface area contributed by atoms with Gasteiger partial charge in [-0.15, -0.1) is 0 Å². The van der Waals surface area contributed by atoms with Crippen molar-refractivity contribution in [2.24, 2.45) is 5.41 Å². The van der Waals surface area contributed by atoms with Gasteiger partial charge in [-0.25, -0.2) is 9.78 Å². The summed E-state index contributed by atoms with van der Waals surface area (Å²) in [6.07, 6.45) is 2.77. The third-order valence-corrected chi connectivity index (χ3v) is 6.70. The lowest BCUT2D eigenvalue weighted by Gasteiger charge is -2.19. The van der Waals surface area contributed by atoms with Crippen molar-refractivity contribution in [2.45, 2.75) is 25.9 Å². The summed E-state index contributed by atoms with van der Waals surface area (Å²) >= 11 is 6.03. The van der Waals surface area contributed by atoms with E-state index < -0.39 is 22.6 Å². The maximum atomic E-state index is 13.6. The maximum Gasteiger partial charge on any atom is 0.332 e. The monoisotopic (exact) mass is 532 g/mol. The Balaban J connectivity index is 1.47. The highest BCUT2D eigenvalue weighted by atomic mass is 35.5. The molecule has 1 N–H and O–H groups in total. The molecule has 38 heavy (non-hydrogen) atoms. The number of hydrogen-bond acceptors (Lipinski definition) is 7. The number of esters is 1. The Kier molecular flexibility index (Phi) is 7.02. The molecule has 0 spiro atoms. The van der Waals surface area contributed by atoms with Gasteiger partial charge in [0, 0.05) is 35.6 Å². The van der Waals surface area contributed by atoms with Crippen LogP contribution in [0.15, 0.2) is 88.6 Å². The molecule has 0 bridgehead atoms. The summed E-state index contributed by atoms with van der Waals surface area (Å²) in [6.45, 7) is 0.155. The molecule has 4 aromatic rings. The van der Waals surface area contributed by atoms with Gasteiger partial charge in [-0.2, -0.15) is 0 Å². The first-order chi connectivity index (χ1) is 18.4. The van der Waals surface area contributed by atoms with E-state index in [0.29, 0.717) is 41.0 Å². The smallest absolute Gasteiger partial charge is 0.332 e. The summed E-state index contributed by atoms with van der Waals surface area (Å²) in [5.74, 6) is 0.950. The van der Waals surface area contributed by atoms with E-state index in [-0.39, 0.29) is 13.1 Å². The number of hydrogen-bond donors (Lipinski definition) is 1. The fraction of sp³-hybridized carbons (Fsp3) is 0.214. The van der Waals surface area contributed by atoms with Crippen LogP contribution >= 0.6 is 11.6 Å². The van der Waals surface area contributed by atoms with Crippen molar-refractivity contribution < 1.29 is 14.3 Å². The topological polar surface area (TPSA) is 104 Å². The molecule has 5 rings (SSSR count). The molecule has 9 nitrogen and oxygen atoms in total. The van der Waals surface area contributed by atoms with Crippen molar-refractivity contribution in [2.75, 3.05) is 12.4 Å². The molecule has 0 amide bonds. The molecule has 0 aliphatic heterocycles. The van der Waals surface area contributed by atoms with Crippen LogP contribution in [0.3, 0.4) is 0 Å². The second-order valence-corrected chi connectivity index (χ2v) is 9.58. The SMILES string of the molecule is COC(=O)C1(Cn2c(=O)cc(Nc3ccc(Oc4ccccn4)cc3)n(Cc3ccc(Cl)cc3)c2=O)CC1. The Morgan fingerprint density at radius 3 is 2.39 bits per heavy atom. The zero-order valence-electron chi connectivity index (χ0n) is 20.6. The van der Waals surface area contributed by atoms with E-state index in [2.05, 4.69) is 10.3 Å². The molecule has 2 heterocycles. The lowest BCUT2D eigenvalue weighted by Crippen LogP contribution is -2.43. The molecule has 0 unspecified atom stereocenters. The standard InChI is InChI=1S/C28H25ClN4O5/c1-37-26(35)28(13-14-28)18-33-25(34)16-23(32(27(33)36)17-19-5-7-20(29)8-6-19)31-21-9-11-22(12-10-21)38-24-4-2-3-15-30-24/h2-12,15-16,31H,13-14,17-18H2,1H3. The molecule has 0 atom stereocenters. The number of methoxy groups -OCH3 is 1. The highest BCUT2D eigenvalue weighted by Gasteiger charge is 2.52. The highest BCUT2D eigenvalue weighted by Crippen LogP contribution is 2.47. The number of rotatable bonds is 9. The third kappa shape index (κ3) is 5.47. The lowest BCUT2D eigenvalue weighted by atomic mass is 10.1. The van der Waals surface area contributed by atoms with Gasteiger partial charge >= 0.3 is 11.7 Å². The normalized spacial score (nSPS) is 13.5. The molecule has 194 valence electrons. The second-order valence-electron chi connectivity index (χ2n) is 9.14. The van der Waals surface area contributed by atoms with Crippen LogP contribution in [0.1, 0.15) is 18.4 Å². The van der Waals surface area contributed by atoms with Crippen LogP contribution in [-0.2, 0) is 22.6 Å². The minimum atomic E-state index is -0.839. The number of carbonyl (C=O) groups excluding carboxylic acids is 1. The van der Waals surface area contributed by atoms with Crippen molar-refractivity contribution in [3.63, 3.8) is 0 Å². The number of pyridine rings is 1. The highest BCUT2D eigenvalue weighted by molar-refractivity contribution is 6.30. The molecular formula is C28H25ClN4O5. The Hall–Kier alpha value is -4.37. The number of carbonyl (C=O) groups is 1. The van der Waals surface area contributed by atoms with Gasteiger partial charge in [-0.3, -0.25) is 18.7 Å². The molecule has 10 heteroatoms. The Morgan fingerprint density at radius 2 is 1.76 bits per heavy atom. The van der Waals surface area contributed by atoms with Crippen LogP contribution in [0.25, 0.3) is 0 Å². The van der Waals surface area contributed by atoms with Crippen LogP contribution in [0, 0.1) is 5.41 Å². The molecule has 1 aliphatic carbocycles. The molecule has 1 fully saturated rings. The fourth-order valence-electron chi connectivity index (χ4n) is 4.17. The molecular weight excluding hydrogens is 508 g/mol. The Morgan fingerprint density at radius 1 is 1.03 bits per heavy atom. The molecule has 1 saturated carbocycles. The van der Waals surface area contributed by atoms with Crippen molar-refractivity contribution in [3.8, 4) is 11.6 Å². The first kappa shape index (κ1) is 25.3. The van der Waals surface area contributed by atoms with E-state index >= 15 is 0 Å². The van der Waals surface area contributed by atoms with E-state index in [4.69, 9.17) is 21.1 Å². The van der Waals surface area contributed by atoms with Gasteiger partial charge in [0.1, 0.15) is 11.6 Å².